The third-order valence-corrected chi connectivity index (χ3v) is 3.95. The van der Waals surface area contributed by atoms with Crippen molar-refractivity contribution in [2.75, 3.05) is 6.54 Å². The number of fused-ring (bicyclic) bond motifs is 1. The Kier molecular flexibility index (Phi) is 5.95. The first-order chi connectivity index (χ1) is 11.7. The van der Waals surface area contributed by atoms with Crippen LogP contribution in [0.3, 0.4) is 0 Å². The van der Waals surface area contributed by atoms with E-state index in [1.807, 2.05) is 27.7 Å². The zero-order valence-electron chi connectivity index (χ0n) is 15.6. The third kappa shape index (κ3) is 4.25. The molecule has 0 aliphatic heterocycles. The zero-order valence-corrected chi connectivity index (χ0v) is 15.6. The van der Waals surface area contributed by atoms with Crippen LogP contribution < -0.4 is 5.56 Å². The highest BCUT2D eigenvalue weighted by Crippen LogP contribution is 2.17. The molecule has 1 aromatic heterocycles. The quantitative estimate of drug-likeness (QED) is 0.871. The molecule has 1 unspecified atom stereocenters. The summed E-state index contributed by atoms with van der Waals surface area (Å²) in [6.45, 7) is 10.1. The van der Waals surface area contributed by atoms with Gasteiger partial charge >= 0.3 is 0 Å². The highest BCUT2D eigenvalue weighted by Gasteiger charge is 2.25. The molecular weight excluding hydrogens is 318 g/mol. The molecule has 136 valence electrons. The molecule has 1 N–H and O–H groups in total. The molecule has 1 heterocycles. The van der Waals surface area contributed by atoms with E-state index in [2.05, 4.69) is 5.10 Å². The largest absolute Gasteiger partial charge is 0.392 e. The maximum atomic E-state index is 13.1. The number of carbonyl (C=O) groups is 1. The van der Waals surface area contributed by atoms with E-state index in [9.17, 15) is 14.7 Å². The molecule has 0 bridgehead atoms. The molecule has 1 amide bonds. The lowest BCUT2D eigenvalue weighted by Crippen LogP contribution is -2.42. The molecular formula is C19H27N3O3. The van der Waals surface area contributed by atoms with E-state index in [4.69, 9.17) is 0 Å². The number of amides is 1. The van der Waals surface area contributed by atoms with Crippen molar-refractivity contribution in [3.8, 4) is 0 Å². The van der Waals surface area contributed by atoms with E-state index in [-0.39, 0.29) is 35.7 Å². The van der Waals surface area contributed by atoms with Gasteiger partial charge in [0.1, 0.15) is 0 Å². The van der Waals surface area contributed by atoms with Gasteiger partial charge in [-0.2, -0.15) is 5.10 Å². The van der Waals surface area contributed by atoms with Gasteiger partial charge in [-0.1, -0.05) is 32.0 Å². The number of nitrogens with zero attached hydrogens (tertiary/aromatic N) is 3. The topological polar surface area (TPSA) is 75.4 Å². The number of benzene rings is 1. The molecule has 1 aromatic carbocycles. The fourth-order valence-corrected chi connectivity index (χ4v) is 2.81. The molecule has 0 fully saturated rings. The van der Waals surface area contributed by atoms with Crippen LogP contribution in [0.5, 0.6) is 0 Å². The minimum absolute atomic E-state index is 0.0897. The standard InChI is InChI=1S/C19H27N3O3/c1-12(2)10-22-18(24)16-9-7-6-8-15(16)17(20-22)19(25)21(13(3)4)11-14(5)23/h6-9,12-14,23H,10-11H2,1-5H3. The Morgan fingerprint density at radius 1 is 1.16 bits per heavy atom. The van der Waals surface area contributed by atoms with Crippen molar-refractivity contribution in [3.05, 3.63) is 40.3 Å². The fraction of sp³-hybridized carbons (Fsp3) is 0.526. The molecule has 25 heavy (non-hydrogen) atoms. The van der Waals surface area contributed by atoms with Gasteiger partial charge in [-0.05, 0) is 32.8 Å². The summed E-state index contributed by atoms with van der Waals surface area (Å²) < 4.78 is 1.38. The van der Waals surface area contributed by atoms with Gasteiger partial charge in [0.25, 0.3) is 11.5 Å². The second-order valence-corrected chi connectivity index (χ2v) is 7.18. The third-order valence-electron chi connectivity index (χ3n) is 3.95. The smallest absolute Gasteiger partial charge is 0.275 e. The summed E-state index contributed by atoms with van der Waals surface area (Å²) in [5, 5.41) is 15.1. The van der Waals surface area contributed by atoms with Crippen LogP contribution in [0.2, 0.25) is 0 Å². The second-order valence-electron chi connectivity index (χ2n) is 7.18. The van der Waals surface area contributed by atoms with Gasteiger partial charge in [0, 0.05) is 24.5 Å². The number of carbonyl (C=O) groups excluding carboxylic acids is 1. The van der Waals surface area contributed by atoms with Crippen LogP contribution in [0.1, 0.15) is 45.1 Å². The molecule has 6 nitrogen and oxygen atoms in total. The molecule has 0 aliphatic rings. The minimum atomic E-state index is -0.640. The van der Waals surface area contributed by atoms with Gasteiger partial charge in [-0.15, -0.1) is 0 Å². The average Bonchev–Trinajstić information content (AvgIpc) is 2.54. The normalized spacial score (nSPS) is 12.8. The van der Waals surface area contributed by atoms with Gasteiger partial charge in [0.05, 0.1) is 11.5 Å². The first-order valence-corrected chi connectivity index (χ1v) is 8.71. The average molecular weight is 345 g/mol. The van der Waals surface area contributed by atoms with Crippen LogP contribution in [-0.2, 0) is 6.54 Å². The molecule has 0 aliphatic carbocycles. The Bertz CT molecular complexity index is 809. The van der Waals surface area contributed by atoms with Crippen LogP contribution in [0.15, 0.2) is 29.1 Å². The lowest BCUT2D eigenvalue weighted by molar-refractivity contribution is 0.0572. The summed E-state index contributed by atoms with van der Waals surface area (Å²) in [5.41, 5.74) is 0.0673. The van der Waals surface area contributed by atoms with Crippen LogP contribution in [0.4, 0.5) is 0 Å². The molecule has 0 radical (unpaired) electrons. The van der Waals surface area contributed by atoms with E-state index < -0.39 is 6.10 Å². The van der Waals surface area contributed by atoms with E-state index in [0.29, 0.717) is 17.3 Å². The Morgan fingerprint density at radius 2 is 1.76 bits per heavy atom. The Labute approximate surface area is 148 Å². The SMILES string of the molecule is CC(C)Cn1nc(C(=O)N(CC(C)O)C(C)C)c2ccccc2c1=O. The number of hydrogen-bond donors (Lipinski definition) is 1. The lowest BCUT2D eigenvalue weighted by Gasteiger charge is -2.28. The summed E-state index contributed by atoms with van der Waals surface area (Å²) in [4.78, 5) is 27.4. The highest BCUT2D eigenvalue weighted by atomic mass is 16.3. The maximum Gasteiger partial charge on any atom is 0.275 e. The molecule has 6 heteroatoms. The van der Waals surface area contributed by atoms with Crippen molar-refractivity contribution in [3.63, 3.8) is 0 Å². The van der Waals surface area contributed by atoms with Gasteiger partial charge in [0.2, 0.25) is 0 Å². The predicted molar refractivity (Wildman–Crippen MR) is 98.7 cm³/mol. The molecule has 0 spiro atoms. The monoisotopic (exact) mass is 345 g/mol. The van der Waals surface area contributed by atoms with Gasteiger partial charge < -0.3 is 10.0 Å². The van der Waals surface area contributed by atoms with Gasteiger partial charge in [-0.3, -0.25) is 9.59 Å². The number of aromatic nitrogens is 2. The molecule has 0 saturated heterocycles. The lowest BCUT2D eigenvalue weighted by atomic mass is 10.1. The van der Waals surface area contributed by atoms with Crippen molar-refractivity contribution >= 4 is 16.7 Å². The summed E-state index contributed by atoms with van der Waals surface area (Å²) in [5.74, 6) is -0.0439. The first kappa shape index (κ1) is 19.1. The van der Waals surface area contributed by atoms with E-state index >= 15 is 0 Å². The number of rotatable bonds is 6. The molecule has 2 rings (SSSR count). The molecule has 2 aromatic rings. The van der Waals surface area contributed by atoms with Crippen LogP contribution in [-0.4, -0.2) is 44.4 Å². The maximum absolute atomic E-state index is 13.1. The number of aliphatic hydroxyl groups is 1. The Morgan fingerprint density at radius 3 is 2.28 bits per heavy atom. The Hall–Kier alpha value is -2.21. The summed E-state index contributed by atoms with van der Waals surface area (Å²) >= 11 is 0. The van der Waals surface area contributed by atoms with Crippen molar-refractivity contribution in [1.29, 1.82) is 0 Å². The van der Waals surface area contributed by atoms with Crippen LogP contribution in [0.25, 0.3) is 10.8 Å². The van der Waals surface area contributed by atoms with Crippen LogP contribution >= 0.6 is 0 Å². The summed E-state index contributed by atoms with van der Waals surface area (Å²) in [6.07, 6.45) is -0.640. The minimum Gasteiger partial charge on any atom is -0.392 e. The van der Waals surface area contributed by atoms with Gasteiger partial charge in [0.15, 0.2) is 5.69 Å². The van der Waals surface area contributed by atoms with E-state index in [0.717, 1.165) is 0 Å². The van der Waals surface area contributed by atoms with E-state index in [1.165, 1.54) is 4.68 Å². The van der Waals surface area contributed by atoms with Crippen molar-refractivity contribution < 1.29 is 9.90 Å². The molecule has 1 atom stereocenters. The predicted octanol–water partition coefficient (Wildman–Crippen LogP) is 2.28. The highest BCUT2D eigenvalue weighted by molar-refractivity contribution is 6.04. The first-order valence-electron chi connectivity index (χ1n) is 8.71. The zero-order chi connectivity index (χ0) is 18.7. The van der Waals surface area contributed by atoms with Crippen molar-refractivity contribution in [1.82, 2.24) is 14.7 Å². The number of aliphatic hydroxyl groups excluding tert-OH is 1. The van der Waals surface area contributed by atoms with Crippen molar-refractivity contribution in [2.45, 2.75) is 53.3 Å². The Balaban J connectivity index is 2.64. The summed E-state index contributed by atoms with van der Waals surface area (Å²) in [6, 6.07) is 6.96. The van der Waals surface area contributed by atoms with Crippen molar-refractivity contribution in [2.24, 2.45) is 5.92 Å². The second kappa shape index (κ2) is 7.78. The van der Waals surface area contributed by atoms with E-state index in [1.54, 1.807) is 36.1 Å². The van der Waals surface area contributed by atoms with Crippen LogP contribution in [0, 0.1) is 5.92 Å². The van der Waals surface area contributed by atoms with Gasteiger partial charge in [-0.25, -0.2) is 4.68 Å². The number of hydrogen-bond acceptors (Lipinski definition) is 4. The fourth-order valence-electron chi connectivity index (χ4n) is 2.81. The molecule has 0 saturated carbocycles. The summed E-state index contributed by atoms with van der Waals surface area (Å²) in [7, 11) is 0.